The SMILES string of the molecule is CN(CCNC(=O)N1CCC(CO)CC1)C1CCCC1. The number of likely N-dealkylation sites (N-methyl/N-ethyl adjacent to an activating group) is 1. The quantitative estimate of drug-likeness (QED) is 0.799. The van der Waals surface area contributed by atoms with E-state index in [0.29, 0.717) is 12.0 Å². The number of nitrogens with zero attached hydrogens (tertiary/aromatic N) is 2. The fourth-order valence-corrected chi connectivity index (χ4v) is 3.30. The number of aliphatic hydroxyl groups excluding tert-OH is 1. The highest BCUT2D eigenvalue weighted by Crippen LogP contribution is 2.21. The van der Waals surface area contributed by atoms with Crippen LogP contribution in [0.5, 0.6) is 0 Å². The summed E-state index contributed by atoms with van der Waals surface area (Å²) in [4.78, 5) is 16.3. The average Bonchev–Trinajstić information content (AvgIpc) is 3.01. The van der Waals surface area contributed by atoms with Crippen molar-refractivity contribution in [2.24, 2.45) is 5.92 Å². The zero-order valence-corrected chi connectivity index (χ0v) is 12.7. The number of aliphatic hydroxyl groups is 1. The molecule has 5 heteroatoms. The minimum absolute atomic E-state index is 0.0567. The van der Waals surface area contributed by atoms with E-state index in [2.05, 4.69) is 17.3 Å². The van der Waals surface area contributed by atoms with E-state index >= 15 is 0 Å². The zero-order chi connectivity index (χ0) is 14.4. The summed E-state index contributed by atoms with van der Waals surface area (Å²) in [7, 11) is 2.16. The number of piperidine rings is 1. The first-order chi connectivity index (χ1) is 9.70. The lowest BCUT2D eigenvalue weighted by atomic mass is 9.98. The lowest BCUT2D eigenvalue weighted by molar-refractivity contribution is 0.136. The van der Waals surface area contributed by atoms with Gasteiger partial charge in [-0.1, -0.05) is 12.8 Å². The molecule has 0 aromatic carbocycles. The van der Waals surface area contributed by atoms with Crippen LogP contribution < -0.4 is 5.32 Å². The van der Waals surface area contributed by atoms with Crippen molar-refractivity contribution in [3.63, 3.8) is 0 Å². The summed E-state index contributed by atoms with van der Waals surface area (Å²) in [5, 5.41) is 12.1. The standard InChI is InChI=1S/C15H29N3O2/c1-17(14-4-2-3-5-14)11-8-16-15(20)18-9-6-13(12-19)7-10-18/h13-14,19H,2-12H2,1H3,(H,16,20). The van der Waals surface area contributed by atoms with E-state index in [1.54, 1.807) is 0 Å². The van der Waals surface area contributed by atoms with Gasteiger partial charge < -0.3 is 20.2 Å². The van der Waals surface area contributed by atoms with Crippen molar-refractivity contribution >= 4 is 6.03 Å². The van der Waals surface area contributed by atoms with Gasteiger partial charge in [0, 0.05) is 38.8 Å². The van der Waals surface area contributed by atoms with Crippen molar-refractivity contribution in [1.82, 2.24) is 15.1 Å². The highest BCUT2D eigenvalue weighted by molar-refractivity contribution is 5.74. The number of hydrogen-bond acceptors (Lipinski definition) is 3. The van der Waals surface area contributed by atoms with Gasteiger partial charge >= 0.3 is 6.03 Å². The largest absolute Gasteiger partial charge is 0.396 e. The van der Waals surface area contributed by atoms with Crippen molar-refractivity contribution in [3.8, 4) is 0 Å². The Morgan fingerprint density at radius 1 is 1.25 bits per heavy atom. The molecule has 116 valence electrons. The van der Waals surface area contributed by atoms with Gasteiger partial charge in [0.2, 0.25) is 0 Å². The fourth-order valence-electron chi connectivity index (χ4n) is 3.30. The third-order valence-corrected chi connectivity index (χ3v) is 4.85. The van der Waals surface area contributed by atoms with Gasteiger partial charge in [-0.25, -0.2) is 4.79 Å². The maximum Gasteiger partial charge on any atom is 0.317 e. The van der Waals surface area contributed by atoms with Crippen LogP contribution in [0.4, 0.5) is 4.79 Å². The van der Waals surface area contributed by atoms with Gasteiger partial charge in [0.05, 0.1) is 0 Å². The molecule has 1 aliphatic carbocycles. The second-order valence-corrected chi connectivity index (χ2v) is 6.26. The summed E-state index contributed by atoms with van der Waals surface area (Å²) in [6.07, 6.45) is 7.15. The van der Waals surface area contributed by atoms with Crippen LogP contribution >= 0.6 is 0 Å². The van der Waals surface area contributed by atoms with Crippen LogP contribution in [-0.2, 0) is 0 Å². The molecule has 1 saturated carbocycles. The number of hydrogen-bond donors (Lipinski definition) is 2. The lowest BCUT2D eigenvalue weighted by Crippen LogP contribution is -2.47. The highest BCUT2D eigenvalue weighted by atomic mass is 16.3. The van der Waals surface area contributed by atoms with Gasteiger partial charge in [0.15, 0.2) is 0 Å². The number of carbonyl (C=O) groups excluding carboxylic acids is 1. The number of nitrogens with one attached hydrogen (secondary N) is 1. The molecule has 0 atom stereocenters. The lowest BCUT2D eigenvalue weighted by Gasteiger charge is -2.31. The fraction of sp³-hybridized carbons (Fsp3) is 0.933. The predicted molar refractivity (Wildman–Crippen MR) is 79.7 cm³/mol. The van der Waals surface area contributed by atoms with Crippen molar-refractivity contribution in [3.05, 3.63) is 0 Å². The molecule has 2 N–H and O–H groups in total. The molecule has 2 rings (SSSR count). The Hall–Kier alpha value is -0.810. The average molecular weight is 283 g/mol. The molecule has 0 aromatic rings. The molecule has 0 spiro atoms. The molecular formula is C15H29N3O2. The Balaban J connectivity index is 1.60. The summed E-state index contributed by atoms with van der Waals surface area (Å²) < 4.78 is 0. The van der Waals surface area contributed by atoms with E-state index in [0.717, 1.165) is 39.0 Å². The molecule has 5 nitrogen and oxygen atoms in total. The molecule has 2 amide bonds. The zero-order valence-electron chi connectivity index (χ0n) is 12.7. The summed E-state index contributed by atoms with van der Waals surface area (Å²) in [6.45, 7) is 3.46. The van der Waals surface area contributed by atoms with E-state index in [-0.39, 0.29) is 12.6 Å². The summed E-state index contributed by atoms with van der Waals surface area (Å²) in [5.74, 6) is 0.382. The molecule has 1 saturated heterocycles. The van der Waals surface area contributed by atoms with E-state index in [1.165, 1.54) is 25.7 Å². The molecule has 20 heavy (non-hydrogen) atoms. The maximum atomic E-state index is 12.0. The molecule has 0 bridgehead atoms. The smallest absolute Gasteiger partial charge is 0.317 e. The number of amides is 2. The molecule has 0 unspecified atom stereocenters. The molecular weight excluding hydrogens is 254 g/mol. The summed E-state index contributed by atoms with van der Waals surface area (Å²) in [6, 6.07) is 0.772. The van der Waals surface area contributed by atoms with Crippen LogP contribution in [0.25, 0.3) is 0 Å². The van der Waals surface area contributed by atoms with Crippen molar-refractivity contribution < 1.29 is 9.90 Å². The van der Waals surface area contributed by atoms with Crippen LogP contribution in [-0.4, -0.2) is 66.8 Å². The Bertz CT molecular complexity index is 297. The Labute approximate surface area is 122 Å². The maximum absolute atomic E-state index is 12.0. The second-order valence-electron chi connectivity index (χ2n) is 6.26. The first-order valence-corrected chi connectivity index (χ1v) is 8.04. The summed E-state index contributed by atoms with van der Waals surface area (Å²) in [5.41, 5.74) is 0. The van der Waals surface area contributed by atoms with Crippen LogP contribution in [0.3, 0.4) is 0 Å². The predicted octanol–water partition coefficient (Wildman–Crippen LogP) is 1.27. The molecule has 1 aliphatic heterocycles. The molecule has 1 heterocycles. The summed E-state index contributed by atoms with van der Waals surface area (Å²) >= 11 is 0. The van der Waals surface area contributed by atoms with Gasteiger partial charge in [0.1, 0.15) is 0 Å². The van der Waals surface area contributed by atoms with E-state index in [1.807, 2.05) is 4.90 Å². The van der Waals surface area contributed by atoms with Crippen LogP contribution in [0.2, 0.25) is 0 Å². The van der Waals surface area contributed by atoms with Crippen LogP contribution in [0.15, 0.2) is 0 Å². The number of likely N-dealkylation sites (tertiary alicyclic amines) is 1. The Kier molecular flexibility index (Phi) is 6.10. The number of urea groups is 1. The number of rotatable bonds is 5. The van der Waals surface area contributed by atoms with Gasteiger partial charge in [-0.2, -0.15) is 0 Å². The third kappa shape index (κ3) is 4.35. The normalized spacial score (nSPS) is 21.6. The van der Waals surface area contributed by atoms with Gasteiger partial charge in [0.25, 0.3) is 0 Å². The number of carbonyl (C=O) groups is 1. The molecule has 2 fully saturated rings. The first kappa shape index (κ1) is 15.6. The minimum atomic E-state index is 0.0567. The second kappa shape index (κ2) is 7.84. The monoisotopic (exact) mass is 283 g/mol. The van der Waals surface area contributed by atoms with E-state index in [9.17, 15) is 4.79 Å². The topological polar surface area (TPSA) is 55.8 Å². The van der Waals surface area contributed by atoms with Crippen LogP contribution in [0.1, 0.15) is 38.5 Å². The molecule has 2 aliphatic rings. The third-order valence-electron chi connectivity index (χ3n) is 4.85. The van der Waals surface area contributed by atoms with Gasteiger partial charge in [-0.15, -0.1) is 0 Å². The Morgan fingerprint density at radius 2 is 1.90 bits per heavy atom. The van der Waals surface area contributed by atoms with Crippen LogP contribution in [0, 0.1) is 5.92 Å². The first-order valence-electron chi connectivity index (χ1n) is 8.04. The molecule has 0 radical (unpaired) electrons. The van der Waals surface area contributed by atoms with Crippen molar-refractivity contribution in [2.75, 3.05) is 39.8 Å². The van der Waals surface area contributed by atoms with E-state index < -0.39 is 0 Å². The minimum Gasteiger partial charge on any atom is -0.396 e. The Morgan fingerprint density at radius 3 is 2.50 bits per heavy atom. The molecule has 0 aromatic heterocycles. The van der Waals surface area contributed by atoms with Gasteiger partial charge in [-0.05, 0) is 38.6 Å². The van der Waals surface area contributed by atoms with E-state index in [4.69, 9.17) is 5.11 Å². The van der Waals surface area contributed by atoms with Crippen molar-refractivity contribution in [1.29, 1.82) is 0 Å². The highest BCUT2D eigenvalue weighted by Gasteiger charge is 2.22. The van der Waals surface area contributed by atoms with Crippen molar-refractivity contribution in [2.45, 2.75) is 44.6 Å². The van der Waals surface area contributed by atoms with Gasteiger partial charge in [-0.3, -0.25) is 0 Å².